The summed E-state index contributed by atoms with van der Waals surface area (Å²) in [6.45, 7) is 9.68. The molecule has 2 aliphatic rings. The Kier molecular flexibility index (Phi) is 3.67. The topological polar surface area (TPSA) is 38.7 Å². The lowest BCUT2D eigenvalue weighted by atomic mass is 9.71. The molecule has 2 rings (SSSR count). The summed E-state index contributed by atoms with van der Waals surface area (Å²) in [4.78, 5) is 0. The van der Waals surface area contributed by atoms with Gasteiger partial charge in [-0.1, -0.05) is 19.9 Å². The summed E-state index contributed by atoms with van der Waals surface area (Å²) < 4.78 is 11.1. The van der Waals surface area contributed by atoms with Crippen LogP contribution in [0.1, 0.15) is 40.5 Å². The van der Waals surface area contributed by atoms with Gasteiger partial charge < -0.3 is 14.6 Å². The van der Waals surface area contributed by atoms with E-state index < -0.39 is 5.79 Å². The third kappa shape index (κ3) is 2.68. The molecule has 1 aliphatic carbocycles. The Hall–Kier alpha value is -0.640. The van der Waals surface area contributed by atoms with Crippen molar-refractivity contribution in [2.45, 2.75) is 52.4 Å². The molecular weight excluding hydrogens is 228 g/mol. The molecule has 0 aromatic heterocycles. The average Bonchev–Trinajstić information content (AvgIpc) is 2.71. The van der Waals surface area contributed by atoms with Crippen LogP contribution in [0, 0.1) is 5.41 Å². The van der Waals surface area contributed by atoms with Gasteiger partial charge >= 0.3 is 0 Å². The molecule has 1 aliphatic heterocycles. The van der Waals surface area contributed by atoms with Gasteiger partial charge in [0.05, 0.1) is 19.3 Å². The van der Waals surface area contributed by atoms with Crippen molar-refractivity contribution < 1.29 is 14.6 Å². The van der Waals surface area contributed by atoms with E-state index in [0.717, 1.165) is 18.4 Å². The zero-order valence-corrected chi connectivity index (χ0v) is 11.8. The number of allylic oxidation sites excluding steroid dienone is 2. The first-order chi connectivity index (χ1) is 8.34. The molecule has 1 atom stereocenters. The third-order valence-electron chi connectivity index (χ3n) is 4.11. The lowest BCUT2D eigenvalue weighted by molar-refractivity contribution is -0.0997. The fourth-order valence-corrected chi connectivity index (χ4v) is 2.78. The SMILES string of the molecule is CC1=C(/C=C/C2(C)OCCO2)C(C)(C)CC[C@@H]1O. The van der Waals surface area contributed by atoms with Crippen LogP contribution in [0.15, 0.2) is 23.3 Å². The van der Waals surface area contributed by atoms with E-state index in [2.05, 4.69) is 19.9 Å². The summed E-state index contributed by atoms with van der Waals surface area (Å²) in [6.07, 6.45) is 5.59. The number of rotatable bonds is 2. The van der Waals surface area contributed by atoms with Gasteiger partial charge in [0.2, 0.25) is 0 Å². The zero-order chi connectivity index (χ0) is 13.4. The van der Waals surface area contributed by atoms with Crippen molar-refractivity contribution in [3.05, 3.63) is 23.3 Å². The predicted molar refractivity (Wildman–Crippen MR) is 71.2 cm³/mol. The van der Waals surface area contributed by atoms with Crippen LogP contribution >= 0.6 is 0 Å². The minimum absolute atomic E-state index is 0.106. The molecule has 102 valence electrons. The summed E-state index contributed by atoms with van der Waals surface area (Å²) in [5.74, 6) is -0.605. The predicted octanol–water partition coefficient (Wildman–Crippen LogP) is 2.80. The molecule has 0 bridgehead atoms. The summed E-state index contributed by atoms with van der Waals surface area (Å²) in [7, 11) is 0. The van der Waals surface area contributed by atoms with Crippen molar-refractivity contribution in [3.8, 4) is 0 Å². The lowest BCUT2D eigenvalue weighted by Gasteiger charge is -2.35. The Balaban J connectivity index is 2.24. The molecule has 0 aromatic carbocycles. The standard InChI is InChI=1S/C15H24O3/c1-11-12(14(2,3)7-6-13(11)16)5-8-15(4)17-9-10-18-15/h5,8,13,16H,6-7,9-10H2,1-4H3/b8-5+/t13-/m0/s1. The van der Waals surface area contributed by atoms with Crippen molar-refractivity contribution in [2.75, 3.05) is 13.2 Å². The van der Waals surface area contributed by atoms with Gasteiger partial charge in [-0.15, -0.1) is 0 Å². The van der Waals surface area contributed by atoms with E-state index >= 15 is 0 Å². The Bertz CT molecular complexity index is 373. The number of hydrogen-bond donors (Lipinski definition) is 1. The summed E-state index contributed by atoms with van der Waals surface area (Å²) in [6, 6.07) is 0. The van der Waals surface area contributed by atoms with Gasteiger partial charge in [0.1, 0.15) is 0 Å². The van der Waals surface area contributed by atoms with Crippen molar-refractivity contribution >= 4 is 0 Å². The second-order valence-electron chi connectivity index (χ2n) is 6.08. The number of aliphatic hydroxyl groups excluding tert-OH is 1. The first-order valence-corrected chi connectivity index (χ1v) is 6.70. The molecule has 18 heavy (non-hydrogen) atoms. The third-order valence-corrected chi connectivity index (χ3v) is 4.11. The van der Waals surface area contributed by atoms with Crippen molar-refractivity contribution in [2.24, 2.45) is 5.41 Å². The van der Waals surface area contributed by atoms with Crippen LogP contribution in [-0.4, -0.2) is 30.2 Å². The highest BCUT2D eigenvalue weighted by atomic mass is 16.7. The van der Waals surface area contributed by atoms with Crippen LogP contribution in [-0.2, 0) is 9.47 Å². The van der Waals surface area contributed by atoms with E-state index in [9.17, 15) is 5.11 Å². The molecule has 3 heteroatoms. The van der Waals surface area contributed by atoms with Gasteiger partial charge in [0.25, 0.3) is 0 Å². The van der Waals surface area contributed by atoms with Gasteiger partial charge in [-0.05, 0) is 49.3 Å². The molecule has 1 saturated heterocycles. The second kappa shape index (κ2) is 4.80. The van der Waals surface area contributed by atoms with Crippen LogP contribution in [0.25, 0.3) is 0 Å². The van der Waals surface area contributed by atoms with Gasteiger partial charge in [0.15, 0.2) is 5.79 Å². The summed E-state index contributed by atoms with van der Waals surface area (Å²) in [5.41, 5.74) is 2.39. The first-order valence-electron chi connectivity index (χ1n) is 6.70. The molecule has 1 heterocycles. The molecule has 0 amide bonds. The van der Waals surface area contributed by atoms with Crippen LogP contribution in [0.5, 0.6) is 0 Å². The van der Waals surface area contributed by atoms with Gasteiger partial charge in [-0.2, -0.15) is 0 Å². The summed E-state index contributed by atoms with van der Waals surface area (Å²) in [5, 5.41) is 9.98. The quantitative estimate of drug-likeness (QED) is 0.821. The molecule has 1 fully saturated rings. The fraction of sp³-hybridized carbons (Fsp3) is 0.733. The van der Waals surface area contributed by atoms with Gasteiger partial charge in [-0.25, -0.2) is 0 Å². The monoisotopic (exact) mass is 252 g/mol. The Morgan fingerprint density at radius 1 is 1.22 bits per heavy atom. The van der Waals surface area contributed by atoms with Gasteiger partial charge in [0, 0.05) is 0 Å². The fourth-order valence-electron chi connectivity index (χ4n) is 2.78. The largest absolute Gasteiger partial charge is 0.389 e. The minimum Gasteiger partial charge on any atom is -0.389 e. The molecule has 0 spiro atoms. The average molecular weight is 252 g/mol. The number of hydrogen-bond acceptors (Lipinski definition) is 3. The van der Waals surface area contributed by atoms with E-state index in [1.54, 1.807) is 0 Å². The van der Waals surface area contributed by atoms with E-state index in [1.807, 2.05) is 19.9 Å². The van der Waals surface area contributed by atoms with Crippen molar-refractivity contribution in [1.82, 2.24) is 0 Å². The van der Waals surface area contributed by atoms with Crippen LogP contribution < -0.4 is 0 Å². The summed E-state index contributed by atoms with van der Waals surface area (Å²) >= 11 is 0. The maximum Gasteiger partial charge on any atom is 0.185 e. The Morgan fingerprint density at radius 3 is 2.44 bits per heavy atom. The molecule has 0 aromatic rings. The van der Waals surface area contributed by atoms with Crippen molar-refractivity contribution in [1.29, 1.82) is 0 Å². The Labute approximate surface area is 109 Å². The first kappa shape index (κ1) is 13.8. The second-order valence-corrected chi connectivity index (χ2v) is 6.08. The zero-order valence-electron chi connectivity index (χ0n) is 11.8. The molecule has 0 unspecified atom stereocenters. The van der Waals surface area contributed by atoms with Crippen molar-refractivity contribution in [3.63, 3.8) is 0 Å². The highest BCUT2D eigenvalue weighted by molar-refractivity contribution is 5.35. The van der Waals surface area contributed by atoms with Crippen LogP contribution in [0.2, 0.25) is 0 Å². The molecule has 0 saturated carbocycles. The maximum atomic E-state index is 9.98. The lowest BCUT2D eigenvalue weighted by Crippen LogP contribution is -2.28. The highest BCUT2D eigenvalue weighted by Gasteiger charge is 2.33. The van der Waals surface area contributed by atoms with E-state index in [1.165, 1.54) is 5.57 Å². The number of aliphatic hydroxyl groups is 1. The van der Waals surface area contributed by atoms with Gasteiger partial charge in [-0.3, -0.25) is 0 Å². The minimum atomic E-state index is -0.605. The highest BCUT2D eigenvalue weighted by Crippen LogP contribution is 2.41. The molecule has 3 nitrogen and oxygen atoms in total. The van der Waals surface area contributed by atoms with E-state index in [-0.39, 0.29) is 11.5 Å². The van der Waals surface area contributed by atoms with E-state index in [0.29, 0.717) is 13.2 Å². The maximum absolute atomic E-state index is 9.98. The molecule has 1 N–H and O–H groups in total. The van der Waals surface area contributed by atoms with E-state index in [4.69, 9.17) is 9.47 Å². The van der Waals surface area contributed by atoms with Crippen LogP contribution in [0.3, 0.4) is 0 Å². The molecule has 0 radical (unpaired) electrons. The normalized spacial score (nSPS) is 31.3. The smallest absolute Gasteiger partial charge is 0.185 e. The Morgan fingerprint density at radius 2 is 1.83 bits per heavy atom. The number of ether oxygens (including phenoxy) is 2. The van der Waals surface area contributed by atoms with Crippen LogP contribution in [0.4, 0.5) is 0 Å². The molecular formula is C15H24O3.